The zero-order chi connectivity index (χ0) is 11.2. The minimum atomic E-state index is -0.982. The van der Waals surface area contributed by atoms with E-state index in [9.17, 15) is 9.90 Å². The van der Waals surface area contributed by atoms with Gasteiger partial charge >= 0.3 is 5.97 Å². The molecular weight excluding hydrogens is 196 g/mol. The number of hydrogen-bond donors (Lipinski definition) is 1. The summed E-state index contributed by atoms with van der Waals surface area (Å²) in [5.74, 6) is -0.950. The number of ether oxygens (including phenoxy) is 2. The van der Waals surface area contributed by atoms with Gasteiger partial charge in [-0.3, -0.25) is 0 Å². The van der Waals surface area contributed by atoms with Gasteiger partial charge in [-0.05, 0) is 18.6 Å². The molecule has 1 N–H and O–H groups in total. The number of benzene rings is 1. The molecule has 0 aromatic heterocycles. The molecule has 0 bridgehead atoms. The van der Waals surface area contributed by atoms with Crippen molar-refractivity contribution in [2.75, 3.05) is 0 Å². The SMILES string of the molecule is Cc1cc(O)cc2c1C(=O)OC(C)(C)O2. The summed E-state index contributed by atoms with van der Waals surface area (Å²) in [7, 11) is 0. The lowest BCUT2D eigenvalue weighted by molar-refractivity contribution is -0.127. The molecule has 0 atom stereocenters. The number of carbonyl (C=O) groups is 1. The maximum atomic E-state index is 11.6. The van der Waals surface area contributed by atoms with Gasteiger partial charge in [-0.15, -0.1) is 0 Å². The highest BCUT2D eigenvalue weighted by molar-refractivity contribution is 5.95. The highest BCUT2D eigenvalue weighted by atomic mass is 16.7. The third-order valence-electron chi connectivity index (χ3n) is 2.18. The molecule has 1 heterocycles. The van der Waals surface area contributed by atoms with Gasteiger partial charge in [0.15, 0.2) is 0 Å². The summed E-state index contributed by atoms with van der Waals surface area (Å²) in [6, 6.07) is 2.92. The molecule has 0 saturated carbocycles. The molecule has 4 nitrogen and oxygen atoms in total. The third-order valence-corrected chi connectivity index (χ3v) is 2.18. The Morgan fingerprint density at radius 2 is 1.93 bits per heavy atom. The van der Waals surface area contributed by atoms with Crippen LogP contribution in [-0.4, -0.2) is 16.9 Å². The molecule has 1 aliphatic rings. The summed E-state index contributed by atoms with van der Waals surface area (Å²) in [4.78, 5) is 11.6. The number of esters is 1. The zero-order valence-electron chi connectivity index (χ0n) is 8.83. The van der Waals surface area contributed by atoms with E-state index in [1.807, 2.05) is 0 Å². The van der Waals surface area contributed by atoms with Crippen LogP contribution in [0.15, 0.2) is 12.1 Å². The van der Waals surface area contributed by atoms with Gasteiger partial charge in [0.1, 0.15) is 17.1 Å². The van der Waals surface area contributed by atoms with E-state index < -0.39 is 11.8 Å². The summed E-state index contributed by atoms with van der Waals surface area (Å²) < 4.78 is 10.5. The smallest absolute Gasteiger partial charge is 0.345 e. The second-order valence-corrected chi connectivity index (χ2v) is 4.03. The molecule has 1 aromatic carbocycles. The van der Waals surface area contributed by atoms with Crippen molar-refractivity contribution in [2.45, 2.75) is 26.6 Å². The van der Waals surface area contributed by atoms with Crippen molar-refractivity contribution in [3.8, 4) is 11.5 Å². The van der Waals surface area contributed by atoms with E-state index in [1.54, 1.807) is 20.8 Å². The molecule has 1 aliphatic heterocycles. The molecule has 0 fully saturated rings. The first kappa shape index (κ1) is 9.83. The Morgan fingerprint density at radius 3 is 2.60 bits per heavy atom. The number of hydrogen-bond acceptors (Lipinski definition) is 4. The molecule has 0 saturated heterocycles. The lowest BCUT2D eigenvalue weighted by atomic mass is 10.1. The Kier molecular flexibility index (Phi) is 1.89. The fourth-order valence-electron chi connectivity index (χ4n) is 1.64. The Balaban J connectivity index is 2.60. The number of cyclic esters (lactones) is 1. The normalized spacial score (nSPS) is 17.7. The molecule has 0 spiro atoms. The van der Waals surface area contributed by atoms with E-state index in [0.717, 1.165) is 0 Å². The minimum absolute atomic E-state index is 0.0803. The van der Waals surface area contributed by atoms with Crippen LogP contribution in [0, 0.1) is 6.92 Å². The maximum Gasteiger partial charge on any atom is 0.345 e. The van der Waals surface area contributed by atoms with Gasteiger partial charge < -0.3 is 14.6 Å². The largest absolute Gasteiger partial charge is 0.508 e. The zero-order valence-corrected chi connectivity index (χ0v) is 8.83. The quantitative estimate of drug-likeness (QED) is 0.662. The monoisotopic (exact) mass is 208 g/mol. The fraction of sp³-hybridized carbons (Fsp3) is 0.364. The van der Waals surface area contributed by atoms with Crippen LogP contribution in [0.4, 0.5) is 0 Å². The number of phenols is 1. The maximum absolute atomic E-state index is 11.6. The number of rotatable bonds is 0. The number of aryl methyl sites for hydroxylation is 1. The Hall–Kier alpha value is -1.71. The van der Waals surface area contributed by atoms with Crippen LogP contribution in [0.5, 0.6) is 11.5 Å². The van der Waals surface area contributed by atoms with Gasteiger partial charge in [-0.1, -0.05) is 0 Å². The molecule has 4 heteroatoms. The van der Waals surface area contributed by atoms with Crippen molar-refractivity contribution in [3.05, 3.63) is 23.3 Å². The van der Waals surface area contributed by atoms with Crippen molar-refractivity contribution in [1.29, 1.82) is 0 Å². The predicted octanol–water partition coefficient (Wildman–Crippen LogP) is 1.99. The van der Waals surface area contributed by atoms with Gasteiger partial charge in [0, 0.05) is 19.9 Å². The van der Waals surface area contributed by atoms with E-state index >= 15 is 0 Å². The van der Waals surface area contributed by atoms with Crippen molar-refractivity contribution in [2.24, 2.45) is 0 Å². The number of aromatic hydroxyl groups is 1. The minimum Gasteiger partial charge on any atom is -0.508 e. The topological polar surface area (TPSA) is 55.8 Å². The van der Waals surface area contributed by atoms with Crippen LogP contribution >= 0.6 is 0 Å². The molecule has 80 valence electrons. The average Bonchev–Trinajstić information content (AvgIpc) is 1.97. The standard InChI is InChI=1S/C11H12O4/c1-6-4-7(12)5-8-9(6)10(13)15-11(2,3)14-8/h4-5,12H,1-3H3. The highest BCUT2D eigenvalue weighted by Gasteiger charge is 2.35. The molecule has 1 aromatic rings. The van der Waals surface area contributed by atoms with Crippen molar-refractivity contribution < 1.29 is 19.4 Å². The second kappa shape index (κ2) is 2.89. The number of carbonyl (C=O) groups excluding carboxylic acids is 1. The van der Waals surface area contributed by atoms with Crippen molar-refractivity contribution >= 4 is 5.97 Å². The number of phenolic OH excluding ortho intramolecular Hbond substituents is 1. The van der Waals surface area contributed by atoms with Gasteiger partial charge in [0.2, 0.25) is 5.79 Å². The summed E-state index contributed by atoms with van der Waals surface area (Å²) in [6.07, 6.45) is 0. The average molecular weight is 208 g/mol. The van der Waals surface area contributed by atoms with Crippen LogP contribution in [0.1, 0.15) is 29.8 Å². The lowest BCUT2D eigenvalue weighted by Gasteiger charge is -2.32. The molecule has 2 rings (SSSR count). The Labute approximate surface area is 87.4 Å². The van der Waals surface area contributed by atoms with Gasteiger partial charge in [0.25, 0.3) is 0 Å². The summed E-state index contributed by atoms with van der Waals surface area (Å²) in [6.45, 7) is 5.02. The summed E-state index contributed by atoms with van der Waals surface area (Å²) in [5.41, 5.74) is 1.03. The number of fused-ring (bicyclic) bond motifs is 1. The van der Waals surface area contributed by atoms with Crippen LogP contribution in [0.3, 0.4) is 0 Å². The first-order chi connectivity index (χ1) is 6.89. The van der Waals surface area contributed by atoms with E-state index in [2.05, 4.69) is 0 Å². The Bertz CT molecular complexity index is 434. The van der Waals surface area contributed by atoms with E-state index in [0.29, 0.717) is 16.9 Å². The summed E-state index contributed by atoms with van der Waals surface area (Å²) >= 11 is 0. The van der Waals surface area contributed by atoms with Gasteiger partial charge in [0.05, 0.1) is 0 Å². The van der Waals surface area contributed by atoms with Crippen molar-refractivity contribution in [1.82, 2.24) is 0 Å². The lowest BCUT2D eigenvalue weighted by Crippen LogP contribution is -2.39. The van der Waals surface area contributed by atoms with Crippen LogP contribution in [0.25, 0.3) is 0 Å². The molecule has 0 radical (unpaired) electrons. The van der Waals surface area contributed by atoms with Gasteiger partial charge in [-0.25, -0.2) is 4.79 Å². The third kappa shape index (κ3) is 1.63. The van der Waals surface area contributed by atoms with Crippen LogP contribution < -0.4 is 4.74 Å². The first-order valence-corrected chi connectivity index (χ1v) is 4.65. The van der Waals surface area contributed by atoms with Crippen LogP contribution in [0.2, 0.25) is 0 Å². The summed E-state index contributed by atoms with van der Waals surface area (Å²) in [5, 5.41) is 9.39. The molecular formula is C11H12O4. The van der Waals surface area contributed by atoms with Crippen LogP contribution in [-0.2, 0) is 4.74 Å². The van der Waals surface area contributed by atoms with Gasteiger partial charge in [-0.2, -0.15) is 0 Å². The second-order valence-electron chi connectivity index (χ2n) is 4.03. The Morgan fingerprint density at radius 1 is 1.27 bits per heavy atom. The van der Waals surface area contributed by atoms with E-state index in [4.69, 9.17) is 9.47 Å². The van der Waals surface area contributed by atoms with Crippen molar-refractivity contribution in [3.63, 3.8) is 0 Å². The molecule has 0 aliphatic carbocycles. The molecule has 0 unspecified atom stereocenters. The predicted molar refractivity (Wildman–Crippen MR) is 53.0 cm³/mol. The first-order valence-electron chi connectivity index (χ1n) is 4.65. The molecule has 0 amide bonds. The highest BCUT2D eigenvalue weighted by Crippen LogP contribution is 2.35. The fourth-order valence-corrected chi connectivity index (χ4v) is 1.64. The molecule has 15 heavy (non-hydrogen) atoms. The van der Waals surface area contributed by atoms with E-state index in [-0.39, 0.29) is 5.75 Å². The van der Waals surface area contributed by atoms with E-state index in [1.165, 1.54) is 12.1 Å².